The summed E-state index contributed by atoms with van der Waals surface area (Å²) >= 11 is 0. The molecule has 134 valence electrons. The first-order valence-electron chi connectivity index (χ1n) is 8.79. The molecule has 4 aromatic rings. The van der Waals surface area contributed by atoms with Crippen LogP contribution in [0.25, 0.3) is 17.0 Å². The van der Waals surface area contributed by atoms with Crippen LogP contribution in [0.5, 0.6) is 0 Å². The molecule has 0 atom stereocenters. The number of anilines is 1. The maximum atomic E-state index is 12.7. The highest BCUT2D eigenvalue weighted by atomic mass is 16.1. The molecule has 0 radical (unpaired) electrons. The summed E-state index contributed by atoms with van der Waals surface area (Å²) in [4.78, 5) is 21.6. The first-order valence-corrected chi connectivity index (χ1v) is 8.79. The second-order valence-corrected chi connectivity index (χ2v) is 6.73. The highest BCUT2D eigenvalue weighted by molar-refractivity contribution is 6.08. The third kappa shape index (κ3) is 2.95. The van der Waals surface area contributed by atoms with Gasteiger partial charge in [-0.05, 0) is 43.2 Å². The maximum absolute atomic E-state index is 12.7. The fourth-order valence-electron chi connectivity index (χ4n) is 3.02. The number of fused-ring (bicyclic) bond motifs is 1. The van der Waals surface area contributed by atoms with Crippen molar-refractivity contribution in [2.24, 2.45) is 7.05 Å². The van der Waals surface area contributed by atoms with Gasteiger partial charge in [0.2, 0.25) is 0 Å². The number of carbonyl (C=O) groups is 1. The average Bonchev–Trinajstić information content (AvgIpc) is 3.30. The van der Waals surface area contributed by atoms with Crippen molar-refractivity contribution < 1.29 is 4.79 Å². The Bertz CT molecular complexity index is 1140. The highest BCUT2D eigenvalue weighted by Gasteiger charge is 2.26. The van der Waals surface area contributed by atoms with Gasteiger partial charge in [0.25, 0.3) is 5.91 Å². The van der Waals surface area contributed by atoms with Crippen molar-refractivity contribution in [2.45, 2.75) is 18.8 Å². The van der Waals surface area contributed by atoms with E-state index in [1.165, 1.54) is 0 Å². The summed E-state index contributed by atoms with van der Waals surface area (Å²) in [5.74, 6) is 0.942. The van der Waals surface area contributed by atoms with E-state index in [9.17, 15) is 4.79 Å². The number of carbonyl (C=O) groups excluding carboxylic acids is 1. The second-order valence-electron chi connectivity index (χ2n) is 6.73. The van der Waals surface area contributed by atoms with Crippen LogP contribution in [0.15, 0.2) is 49.1 Å². The van der Waals surface area contributed by atoms with Gasteiger partial charge in [0.15, 0.2) is 11.5 Å². The minimum Gasteiger partial charge on any atom is -0.322 e. The van der Waals surface area contributed by atoms with Gasteiger partial charge in [0.1, 0.15) is 11.9 Å². The van der Waals surface area contributed by atoms with Crippen LogP contribution in [-0.4, -0.2) is 35.3 Å². The Balaban J connectivity index is 1.38. The summed E-state index contributed by atoms with van der Waals surface area (Å²) in [5.41, 5.74) is 3.67. The monoisotopic (exact) mass is 359 g/mol. The number of benzene rings is 1. The van der Waals surface area contributed by atoms with Crippen LogP contribution in [0, 0.1) is 0 Å². The lowest BCUT2D eigenvalue weighted by Gasteiger charge is -2.05. The minimum atomic E-state index is -0.228. The molecule has 0 spiro atoms. The molecule has 0 saturated heterocycles. The number of amides is 1. The van der Waals surface area contributed by atoms with Crippen molar-refractivity contribution >= 4 is 17.2 Å². The lowest BCUT2D eigenvalue weighted by Crippen LogP contribution is -2.12. The van der Waals surface area contributed by atoms with E-state index < -0.39 is 0 Å². The molecule has 1 amide bonds. The first kappa shape index (κ1) is 15.7. The van der Waals surface area contributed by atoms with E-state index in [2.05, 4.69) is 25.5 Å². The van der Waals surface area contributed by atoms with Gasteiger partial charge in [0, 0.05) is 36.1 Å². The van der Waals surface area contributed by atoms with Crippen LogP contribution in [0.2, 0.25) is 0 Å². The van der Waals surface area contributed by atoms with Gasteiger partial charge in [-0.1, -0.05) is 0 Å². The second kappa shape index (κ2) is 6.01. The predicted molar refractivity (Wildman–Crippen MR) is 99.4 cm³/mol. The topological polar surface area (TPSA) is 90.0 Å². The molecule has 3 heterocycles. The van der Waals surface area contributed by atoms with E-state index >= 15 is 0 Å². The van der Waals surface area contributed by atoms with E-state index in [0.717, 1.165) is 24.1 Å². The summed E-state index contributed by atoms with van der Waals surface area (Å²) in [6.07, 6.45) is 7.40. The molecule has 27 heavy (non-hydrogen) atoms. The van der Waals surface area contributed by atoms with Crippen molar-refractivity contribution in [3.63, 3.8) is 0 Å². The van der Waals surface area contributed by atoms with Crippen LogP contribution < -0.4 is 5.32 Å². The third-order valence-corrected chi connectivity index (χ3v) is 4.63. The Morgan fingerprint density at radius 3 is 2.70 bits per heavy atom. The Kier molecular flexibility index (Phi) is 3.49. The number of rotatable bonds is 4. The SMILES string of the molecule is Cn1cnc(-c2ccc(NC(=O)c3cnn4ccc(C5CC5)nc34)cc2)n1. The standard InChI is InChI=1S/C19H17N7O/c1-25-11-20-17(24-25)13-4-6-14(7-5-13)22-19(27)15-10-21-26-9-8-16(12-2-3-12)23-18(15)26/h4-12H,2-3H2,1H3,(H,22,27). The molecule has 1 aliphatic carbocycles. The van der Waals surface area contributed by atoms with Crippen LogP contribution >= 0.6 is 0 Å². The van der Waals surface area contributed by atoms with Gasteiger partial charge >= 0.3 is 0 Å². The zero-order valence-electron chi connectivity index (χ0n) is 14.7. The number of hydrogen-bond donors (Lipinski definition) is 1. The Morgan fingerprint density at radius 2 is 2.00 bits per heavy atom. The van der Waals surface area contributed by atoms with E-state index in [0.29, 0.717) is 28.6 Å². The molecular weight excluding hydrogens is 342 g/mol. The Labute approximate surface area is 154 Å². The van der Waals surface area contributed by atoms with Crippen molar-refractivity contribution in [3.8, 4) is 11.4 Å². The first-order chi connectivity index (χ1) is 13.2. The van der Waals surface area contributed by atoms with E-state index in [-0.39, 0.29) is 5.91 Å². The number of aromatic nitrogens is 6. The largest absolute Gasteiger partial charge is 0.322 e. The molecule has 0 bridgehead atoms. The van der Waals surface area contributed by atoms with Gasteiger partial charge in [-0.2, -0.15) is 10.2 Å². The van der Waals surface area contributed by atoms with Crippen LogP contribution in [-0.2, 0) is 7.05 Å². The Morgan fingerprint density at radius 1 is 1.19 bits per heavy atom. The molecule has 1 aliphatic rings. The van der Waals surface area contributed by atoms with Gasteiger partial charge in [-0.3, -0.25) is 9.48 Å². The van der Waals surface area contributed by atoms with Gasteiger partial charge in [0.05, 0.1) is 6.20 Å². The van der Waals surface area contributed by atoms with Gasteiger partial charge < -0.3 is 5.32 Å². The molecule has 1 saturated carbocycles. The summed E-state index contributed by atoms with van der Waals surface area (Å²) in [6.45, 7) is 0. The molecule has 8 heteroatoms. The fourth-order valence-corrected chi connectivity index (χ4v) is 3.02. The van der Waals surface area contributed by atoms with Crippen LogP contribution in [0.1, 0.15) is 34.8 Å². The number of hydrogen-bond acceptors (Lipinski definition) is 5. The van der Waals surface area contributed by atoms with Crippen LogP contribution in [0.3, 0.4) is 0 Å². The van der Waals surface area contributed by atoms with Crippen molar-refractivity contribution in [1.29, 1.82) is 0 Å². The zero-order valence-corrected chi connectivity index (χ0v) is 14.7. The van der Waals surface area contributed by atoms with E-state index in [1.54, 1.807) is 21.7 Å². The summed E-state index contributed by atoms with van der Waals surface area (Å²) in [5, 5.41) is 11.4. The molecule has 5 rings (SSSR count). The molecule has 8 nitrogen and oxygen atoms in total. The van der Waals surface area contributed by atoms with Gasteiger partial charge in [-0.15, -0.1) is 0 Å². The van der Waals surface area contributed by atoms with Crippen LogP contribution in [0.4, 0.5) is 5.69 Å². The summed E-state index contributed by atoms with van der Waals surface area (Å²) < 4.78 is 3.29. The number of nitrogens with one attached hydrogen (secondary N) is 1. The van der Waals surface area contributed by atoms with Crippen molar-refractivity contribution in [3.05, 3.63) is 60.3 Å². The summed E-state index contributed by atoms with van der Waals surface area (Å²) in [6, 6.07) is 9.40. The van der Waals surface area contributed by atoms with Gasteiger partial charge in [-0.25, -0.2) is 14.5 Å². The number of nitrogens with zero attached hydrogens (tertiary/aromatic N) is 6. The average molecular weight is 359 g/mol. The quantitative estimate of drug-likeness (QED) is 0.605. The minimum absolute atomic E-state index is 0.228. The highest BCUT2D eigenvalue weighted by Crippen LogP contribution is 2.39. The van der Waals surface area contributed by atoms with Crippen molar-refractivity contribution in [2.75, 3.05) is 5.32 Å². The molecule has 0 aliphatic heterocycles. The normalized spacial score (nSPS) is 13.8. The molecule has 1 aromatic carbocycles. The lowest BCUT2D eigenvalue weighted by atomic mass is 10.2. The molecular formula is C19H17N7O. The Hall–Kier alpha value is -3.55. The molecule has 1 N–H and O–H groups in total. The molecule has 0 unspecified atom stereocenters. The zero-order chi connectivity index (χ0) is 18.4. The molecule has 3 aromatic heterocycles. The van der Waals surface area contributed by atoms with E-state index in [1.807, 2.05) is 43.6 Å². The third-order valence-electron chi connectivity index (χ3n) is 4.63. The number of aryl methyl sites for hydroxylation is 1. The summed E-state index contributed by atoms with van der Waals surface area (Å²) in [7, 11) is 1.82. The van der Waals surface area contributed by atoms with E-state index in [4.69, 9.17) is 0 Å². The molecule has 1 fully saturated rings. The predicted octanol–water partition coefficient (Wildman–Crippen LogP) is 2.65. The lowest BCUT2D eigenvalue weighted by molar-refractivity contribution is 0.102. The maximum Gasteiger partial charge on any atom is 0.261 e. The van der Waals surface area contributed by atoms with Crippen molar-refractivity contribution in [1.82, 2.24) is 29.4 Å². The fraction of sp³-hybridized carbons (Fsp3) is 0.211. The smallest absolute Gasteiger partial charge is 0.261 e.